The van der Waals surface area contributed by atoms with Gasteiger partial charge in [-0.05, 0) is 35.7 Å². The summed E-state index contributed by atoms with van der Waals surface area (Å²) in [5.41, 5.74) is 1.54. The van der Waals surface area contributed by atoms with Gasteiger partial charge in [-0.25, -0.2) is 0 Å². The third kappa shape index (κ3) is 2.98. The van der Waals surface area contributed by atoms with Crippen LogP contribution in [0.15, 0.2) is 70.1 Å². The highest BCUT2D eigenvalue weighted by Crippen LogP contribution is 2.27. The molecule has 0 atom stereocenters. The molecule has 0 N–H and O–H groups in total. The predicted octanol–water partition coefficient (Wildman–Crippen LogP) is 4.99. The maximum absolute atomic E-state index is 12.6. The van der Waals surface area contributed by atoms with Crippen LogP contribution in [0.25, 0.3) is 21.0 Å². The monoisotopic (exact) mass is 420 g/mol. The van der Waals surface area contributed by atoms with Crippen LogP contribution < -0.4 is 4.80 Å². The third-order valence-corrected chi connectivity index (χ3v) is 5.77. The Morgan fingerprint density at radius 2 is 1.88 bits per heavy atom. The number of fused-ring (bicyclic) bond motifs is 3. The van der Waals surface area contributed by atoms with Crippen molar-refractivity contribution in [1.82, 2.24) is 4.57 Å². The van der Waals surface area contributed by atoms with Gasteiger partial charge in [-0.15, -0.1) is 6.42 Å². The van der Waals surface area contributed by atoms with E-state index in [4.69, 9.17) is 6.42 Å². The number of benzene rings is 3. The van der Waals surface area contributed by atoms with E-state index >= 15 is 0 Å². The van der Waals surface area contributed by atoms with Gasteiger partial charge in [0.2, 0.25) is 0 Å². The summed E-state index contributed by atoms with van der Waals surface area (Å²) in [6, 6.07) is 19.4. The number of aromatic nitrogens is 1. The standard InChI is InChI=1S/C21H13BrN2OS/c1-2-13-24-18-12-9-14-5-3-4-6-17(14)19(18)26-21(24)23-20(25)15-7-10-16(22)11-8-15/h1,3-12H,13H2. The second-order valence-corrected chi connectivity index (χ2v) is 7.63. The van der Waals surface area contributed by atoms with Gasteiger partial charge in [-0.3, -0.25) is 4.79 Å². The SMILES string of the molecule is C#CCn1c(=NC(=O)c2ccc(Br)cc2)sc2c3ccccc3ccc21. The molecule has 4 rings (SSSR count). The van der Waals surface area contributed by atoms with E-state index in [0.717, 1.165) is 25.5 Å². The molecule has 0 aliphatic carbocycles. The van der Waals surface area contributed by atoms with E-state index in [1.807, 2.05) is 34.9 Å². The fourth-order valence-corrected chi connectivity index (χ4v) is 4.30. The zero-order chi connectivity index (χ0) is 18.1. The maximum atomic E-state index is 12.6. The molecule has 1 heterocycles. The average Bonchev–Trinajstić information content (AvgIpc) is 3.00. The highest BCUT2D eigenvalue weighted by Gasteiger charge is 2.11. The molecule has 126 valence electrons. The molecule has 3 aromatic carbocycles. The highest BCUT2D eigenvalue weighted by atomic mass is 79.9. The number of hydrogen-bond acceptors (Lipinski definition) is 2. The van der Waals surface area contributed by atoms with E-state index in [1.54, 1.807) is 12.1 Å². The van der Waals surface area contributed by atoms with Gasteiger partial charge in [0.15, 0.2) is 4.80 Å². The quantitative estimate of drug-likeness (QED) is 0.420. The molecule has 0 radical (unpaired) electrons. The third-order valence-electron chi connectivity index (χ3n) is 4.11. The lowest BCUT2D eigenvalue weighted by Gasteiger charge is -2.02. The number of terminal acetylenes is 1. The van der Waals surface area contributed by atoms with E-state index in [1.165, 1.54) is 11.3 Å². The fraction of sp³-hybridized carbons (Fsp3) is 0.0476. The number of amides is 1. The molecule has 5 heteroatoms. The Morgan fingerprint density at radius 1 is 1.12 bits per heavy atom. The van der Waals surface area contributed by atoms with Gasteiger partial charge in [0.25, 0.3) is 5.91 Å². The number of halogens is 1. The number of hydrogen-bond donors (Lipinski definition) is 0. The molecule has 1 amide bonds. The van der Waals surface area contributed by atoms with E-state index in [2.05, 4.69) is 45.0 Å². The second-order valence-electron chi connectivity index (χ2n) is 5.73. The average molecular weight is 421 g/mol. The molecule has 0 saturated carbocycles. The zero-order valence-electron chi connectivity index (χ0n) is 13.6. The predicted molar refractivity (Wildman–Crippen MR) is 110 cm³/mol. The van der Waals surface area contributed by atoms with Gasteiger partial charge in [0.05, 0.1) is 16.8 Å². The van der Waals surface area contributed by atoms with Gasteiger partial charge >= 0.3 is 0 Å². The van der Waals surface area contributed by atoms with Crippen LogP contribution >= 0.6 is 27.3 Å². The normalized spacial score (nSPS) is 11.8. The molecule has 0 fully saturated rings. The van der Waals surface area contributed by atoms with Gasteiger partial charge < -0.3 is 4.57 Å². The minimum absolute atomic E-state index is 0.279. The van der Waals surface area contributed by atoms with Crippen LogP contribution in [0.4, 0.5) is 0 Å². The van der Waals surface area contributed by atoms with Crippen molar-refractivity contribution in [2.24, 2.45) is 4.99 Å². The summed E-state index contributed by atoms with van der Waals surface area (Å²) in [4.78, 5) is 17.5. The summed E-state index contributed by atoms with van der Waals surface area (Å²) < 4.78 is 3.92. The summed E-state index contributed by atoms with van der Waals surface area (Å²) in [7, 11) is 0. The summed E-state index contributed by atoms with van der Waals surface area (Å²) in [5, 5.41) is 2.29. The molecule has 0 spiro atoms. The molecule has 0 aliphatic heterocycles. The molecule has 26 heavy (non-hydrogen) atoms. The van der Waals surface area contributed by atoms with Crippen LogP contribution in [0, 0.1) is 12.3 Å². The lowest BCUT2D eigenvalue weighted by molar-refractivity contribution is 0.0998. The Morgan fingerprint density at radius 3 is 2.65 bits per heavy atom. The van der Waals surface area contributed by atoms with Crippen LogP contribution in [0.2, 0.25) is 0 Å². The largest absolute Gasteiger partial charge is 0.305 e. The topological polar surface area (TPSA) is 34.4 Å². The van der Waals surface area contributed by atoms with Crippen molar-refractivity contribution in [2.75, 3.05) is 0 Å². The number of rotatable bonds is 2. The summed E-state index contributed by atoms with van der Waals surface area (Å²) in [5.74, 6) is 2.38. The summed E-state index contributed by atoms with van der Waals surface area (Å²) >= 11 is 4.86. The maximum Gasteiger partial charge on any atom is 0.279 e. The first-order valence-corrected chi connectivity index (χ1v) is 9.57. The second kappa shape index (κ2) is 6.91. The van der Waals surface area contributed by atoms with Gasteiger partial charge in [-0.1, -0.05) is 63.5 Å². The first kappa shape index (κ1) is 16.8. The van der Waals surface area contributed by atoms with E-state index < -0.39 is 0 Å². The minimum Gasteiger partial charge on any atom is -0.305 e. The van der Waals surface area contributed by atoms with Crippen LogP contribution in [-0.2, 0) is 6.54 Å². The van der Waals surface area contributed by atoms with E-state index in [9.17, 15) is 4.79 Å². The van der Waals surface area contributed by atoms with Crippen LogP contribution in [0.5, 0.6) is 0 Å². The fourth-order valence-electron chi connectivity index (χ4n) is 2.87. The van der Waals surface area contributed by atoms with Crippen molar-refractivity contribution >= 4 is 54.2 Å². The van der Waals surface area contributed by atoms with Gasteiger partial charge in [0, 0.05) is 15.4 Å². The Hall–Kier alpha value is -2.68. The Bertz CT molecular complexity index is 1240. The summed E-state index contributed by atoms with van der Waals surface area (Å²) in [6.07, 6.45) is 5.55. The minimum atomic E-state index is -0.279. The molecule has 1 aromatic heterocycles. The lowest BCUT2D eigenvalue weighted by atomic mass is 10.1. The molecule has 0 bridgehead atoms. The van der Waals surface area contributed by atoms with Gasteiger partial charge in [-0.2, -0.15) is 4.99 Å². The van der Waals surface area contributed by atoms with Crippen LogP contribution in [-0.4, -0.2) is 10.5 Å². The molecule has 4 aromatic rings. The van der Waals surface area contributed by atoms with Crippen molar-refractivity contribution in [1.29, 1.82) is 0 Å². The molecular formula is C21H13BrN2OS. The highest BCUT2D eigenvalue weighted by molar-refractivity contribution is 9.10. The Labute approximate surface area is 162 Å². The first-order chi connectivity index (χ1) is 12.7. The van der Waals surface area contributed by atoms with Crippen LogP contribution in [0.1, 0.15) is 10.4 Å². The molecule has 0 saturated heterocycles. The van der Waals surface area contributed by atoms with E-state index in [-0.39, 0.29) is 5.91 Å². The number of nitrogens with zero attached hydrogens (tertiary/aromatic N) is 2. The first-order valence-electron chi connectivity index (χ1n) is 7.96. The Kier molecular flexibility index (Phi) is 4.46. The number of carbonyl (C=O) groups excluding carboxylic acids is 1. The molecule has 0 unspecified atom stereocenters. The van der Waals surface area contributed by atoms with E-state index in [0.29, 0.717) is 16.9 Å². The Balaban J connectivity index is 1.95. The number of thiazole rings is 1. The zero-order valence-corrected chi connectivity index (χ0v) is 16.0. The van der Waals surface area contributed by atoms with Crippen molar-refractivity contribution in [2.45, 2.75) is 6.54 Å². The van der Waals surface area contributed by atoms with Crippen molar-refractivity contribution in [3.63, 3.8) is 0 Å². The van der Waals surface area contributed by atoms with Crippen molar-refractivity contribution in [3.8, 4) is 12.3 Å². The van der Waals surface area contributed by atoms with Crippen molar-refractivity contribution < 1.29 is 4.79 Å². The molecule has 3 nitrogen and oxygen atoms in total. The van der Waals surface area contributed by atoms with Crippen molar-refractivity contribution in [3.05, 3.63) is 75.5 Å². The smallest absolute Gasteiger partial charge is 0.279 e. The number of carbonyl (C=O) groups is 1. The molecular weight excluding hydrogens is 408 g/mol. The lowest BCUT2D eigenvalue weighted by Crippen LogP contribution is -2.16. The molecule has 0 aliphatic rings. The van der Waals surface area contributed by atoms with Crippen LogP contribution in [0.3, 0.4) is 0 Å². The van der Waals surface area contributed by atoms with Gasteiger partial charge in [0.1, 0.15) is 0 Å². The summed E-state index contributed by atoms with van der Waals surface area (Å²) in [6.45, 7) is 0.366.